The number of benzene rings is 1. The van der Waals surface area contributed by atoms with E-state index in [0.29, 0.717) is 0 Å². The van der Waals surface area contributed by atoms with Gasteiger partial charge in [-0.15, -0.1) is 0 Å². The first-order chi connectivity index (χ1) is 10.3. The average Bonchev–Trinajstić information content (AvgIpc) is 2.47. The Morgan fingerprint density at radius 3 is 2.38 bits per heavy atom. The number of aryl methyl sites for hydroxylation is 1. The first-order valence-corrected chi connectivity index (χ1v) is 8.01. The van der Waals surface area contributed by atoms with Crippen molar-refractivity contribution in [2.24, 2.45) is 0 Å². The van der Waals surface area contributed by atoms with E-state index in [1.165, 1.54) is 36.1 Å². The Bertz CT molecular complexity index is 660. The molecule has 1 aromatic carbocycles. The molecule has 108 valence electrons. The minimum Gasteiger partial charge on any atom is -0.383 e. The third kappa shape index (κ3) is 1.95. The van der Waals surface area contributed by atoms with Gasteiger partial charge in [0.25, 0.3) is 0 Å². The van der Waals surface area contributed by atoms with Gasteiger partial charge in [0.1, 0.15) is 11.6 Å². The van der Waals surface area contributed by atoms with Crippen molar-refractivity contribution in [2.75, 3.05) is 5.73 Å². The van der Waals surface area contributed by atoms with Crippen molar-refractivity contribution in [1.29, 1.82) is 0 Å². The molecule has 0 aliphatic heterocycles. The summed E-state index contributed by atoms with van der Waals surface area (Å²) in [4.78, 5) is 9.68. The van der Waals surface area contributed by atoms with E-state index in [0.717, 1.165) is 37.3 Å². The third-order valence-corrected chi connectivity index (χ3v) is 5.18. The van der Waals surface area contributed by atoms with E-state index in [1.54, 1.807) is 0 Å². The highest BCUT2D eigenvalue weighted by molar-refractivity contribution is 5.46. The molecule has 1 saturated carbocycles. The number of hydrogen-bond acceptors (Lipinski definition) is 3. The van der Waals surface area contributed by atoms with Gasteiger partial charge in [-0.05, 0) is 44.1 Å². The number of anilines is 1. The zero-order chi connectivity index (χ0) is 14.3. The van der Waals surface area contributed by atoms with Crippen LogP contribution < -0.4 is 5.73 Å². The summed E-state index contributed by atoms with van der Waals surface area (Å²) in [7, 11) is 0. The van der Waals surface area contributed by atoms with Crippen molar-refractivity contribution in [3.05, 3.63) is 53.0 Å². The molecule has 2 aliphatic carbocycles. The van der Waals surface area contributed by atoms with Crippen LogP contribution in [0.3, 0.4) is 0 Å². The number of nitrogen functional groups attached to an aromatic ring is 1. The molecule has 0 bridgehead atoms. The lowest BCUT2D eigenvalue weighted by Gasteiger charge is -2.41. The van der Waals surface area contributed by atoms with Crippen molar-refractivity contribution >= 4 is 5.82 Å². The zero-order valence-electron chi connectivity index (χ0n) is 12.3. The minimum atomic E-state index is 0.00184. The SMILES string of the molecule is Nc1nc(C2(c3ccccc3)CCC2)nc2c1CCCC2. The lowest BCUT2D eigenvalue weighted by molar-refractivity contribution is 0.284. The molecule has 3 heteroatoms. The van der Waals surface area contributed by atoms with Crippen LogP contribution in [0.2, 0.25) is 0 Å². The molecule has 0 spiro atoms. The van der Waals surface area contributed by atoms with Gasteiger partial charge < -0.3 is 5.73 Å². The molecule has 1 fully saturated rings. The fraction of sp³-hybridized carbons (Fsp3) is 0.444. The first-order valence-electron chi connectivity index (χ1n) is 8.01. The highest BCUT2D eigenvalue weighted by atomic mass is 15.0. The van der Waals surface area contributed by atoms with Gasteiger partial charge in [0.05, 0.1) is 5.41 Å². The first kappa shape index (κ1) is 12.8. The van der Waals surface area contributed by atoms with E-state index in [2.05, 4.69) is 30.3 Å². The number of nitrogens with two attached hydrogens (primary N) is 1. The van der Waals surface area contributed by atoms with Crippen LogP contribution >= 0.6 is 0 Å². The van der Waals surface area contributed by atoms with E-state index in [1.807, 2.05) is 0 Å². The van der Waals surface area contributed by atoms with Gasteiger partial charge in [0.2, 0.25) is 0 Å². The lowest BCUT2D eigenvalue weighted by atomic mass is 9.63. The maximum absolute atomic E-state index is 6.24. The quantitative estimate of drug-likeness (QED) is 0.916. The van der Waals surface area contributed by atoms with Crippen LogP contribution in [0.4, 0.5) is 5.82 Å². The van der Waals surface area contributed by atoms with Crippen LogP contribution in [-0.2, 0) is 18.3 Å². The predicted molar refractivity (Wildman–Crippen MR) is 84.2 cm³/mol. The van der Waals surface area contributed by atoms with E-state index in [-0.39, 0.29) is 5.41 Å². The number of aromatic nitrogens is 2. The van der Waals surface area contributed by atoms with E-state index >= 15 is 0 Å². The number of hydrogen-bond donors (Lipinski definition) is 1. The highest BCUT2D eigenvalue weighted by Gasteiger charge is 2.43. The highest BCUT2D eigenvalue weighted by Crippen LogP contribution is 2.48. The summed E-state index contributed by atoms with van der Waals surface area (Å²) in [5.74, 6) is 1.68. The second kappa shape index (κ2) is 4.83. The van der Waals surface area contributed by atoms with E-state index < -0.39 is 0 Å². The summed E-state index contributed by atoms with van der Waals surface area (Å²) in [5.41, 5.74) is 9.99. The molecule has 2 N–H and O–H groups in total. The Morgan fingerprint density at radius 1 is 0.905 bits per heavy atom. The molecule has 0 saturated heterocycles. The number of nitrogens with zero attached hydrogens (tertiary/aromatic N) is 2. The molecule has 0 unspecified atom stereocenters. The molecule has 4 rings (SSSR count). The Balaban J connectivity index is 1.83. The molecule has 1 aromatic heterocycles. The Morgan fingerprint density at radius 2 is 1.67 bits per heavy atom. The van der Waals surface area contributed by atoms with Crippen LogP contribution in [-0.4, -0.2) is 9.97 Å². The van der Waals surface area contributed by atoms with Gasteiger partial charge in [-0.25, -0.2) is 9.97 Å². The van der Waals surface area contributed by atoms with Crippen molar-refractivity contribution in [3.63, 3.8) is 0 Å². The molecule has 1 heterocycles. The maximum atomic E-state index is 6.24. The van der Waals surface area contributed by atoms with Crippen molar-refractivity contribution in [2.45, 2.75) is 50.4 Å². The van der Waals surface area contributed by atoms with Crippen LogP contribution in [0, 0.1) is 0 Å². The largest absolute Gasteiger partial charge is 0.383 e. The van der Waals surface area contributed by atoms with Gasteiger partial charge >= 0.3 is 0 Å². The molecule has 2 aliphatic rings. The standard InChI is InChI=1S/C18H21N3/c19-16-14-9-4-5-10-15(14)20-17(21-16)18(11-6-12-18)13-7-2-1-3-8-13/h1-3,7-8H,4-6,9-12H2,(H2,19,20,21). The topological polar surface area (TPSA) is 51.8 Å². The Labute approximate surface area is 125 Å². The molecule has 21 heavy (non-hydrogen) atoms. The molecule has 0 atom stereocenters. The molecule has 0 amide bonds. The lowest BCUT2D eigenvalue weighted by Crippen LogP contribution is -2.38. The van der Waals surface area contributed by atoms with Crippen LogP contribution in [0.1, 0.15) is 54.7 Å². The van der Waals surface area contributed by atoms with Gasteiger partial charge in [-0.3, -0.25) is 0 Å². The summed E-state index contributed by atoms with van der Waals surface area (Å²) >= 11 is 0. The van der Waals surface area contributed by atoms with Gasteiger partial charge in [-0.2, -0.15) is 0 Å². The number of rotatable bonds is 2. The second-order valence-electron chi connectivity index (χ2n) is 6.37. The smallest absolute Gasteiger partial charge is 0.141 e. The maximum Gasteiger partial charge on any atom is 0.141 e. The molecule has 2 aromatic rings. The zero-order valence-corrected chi connectivity index (χ0v) is 12.3. The summed E-state index contributed by atoms with van der Waals surface area (Å²) in [6, 6.07) is 10.7. The molecular formula is C18H21N3. The van der Waals surface area contributed by atoms with Crippen molar-refractivity contribution in [3.8, 4) is 0 Å². The van der Waals surface area contributed by atoms with Gasteiger partial charge in [0, 0.05) is 11.3 Å². The third-order valence-electron chi connectivity index (χ3n) is 5.18. The molecular weight excluding hydrogens is 258 g/mol. The fourth-order valence-corrected chi connectivity index (χ4v) is 3.77. The predicted octanol–water partition coefficient (Wildman–Crippen LogP) is 3.41. The average molecular weight is 279 g/mol. The van der Waals surface area contributed by atoms with Crippen molar-refractivity contribution in [1.82, 2.24) is 9.97 Å². The second-order valence-corrected chi connectivity index (χ2v) is 6.37. The fourth-order valence-electron chi connectivity index (χ4n) is 3.77. The minimum absolute atomic E-state index is 0.00184. The molecule has 0 radical (unpaired) electrons. The van der Waals surface area contributed by atoms with Crippen molar-refractivity contribution < 1.29 is 0 Å². The Hall–Kier alpha value is -1.90. The van der Waals surface area contributed by atoms with Crippen LogP contribution in [0.5, 0.6) is 0 Å². The Kier molecular flexibility index (Phi) is 2.95. The summed E-state index contributed by atoms with van der Waals surface area (Å²) < 4.78 is 0. The van der Waals surface area contributed by atoms with Gasteiger partial charge in [-0.1, -0.05) is 36.8 Å². The summed E-state index contributed by atoms with van der Waals surface area (Å²) in [6.45, 7) is 0. The summed E-state index contributed by atoms with van der Waals surface area (Å²) in [5, 5.41) is 0. The van der Waals surface area contributed by atoms with E-state index in [4.69, 9.17) is 15.7 Å². The van der Waals surface area contributed by atoms with Crippen LogP contribution in [0.25, 0.3) is 0 Å². The van der Waals surface area contributed by atoms with E-state index in [9.17, 15) is 0 Å². The summed E-state index contributed by atoms with van der Waals surface area (Å²) in [6.07, 6.45) is 8.05. The monoisotopic (exact) mass is 279 g/mol. The number of fused-ring (bicyclic) bond motifs is 1. The van der Waals surface area contributed by atoms with Gasteiger partial charge in [0.15, 0.2) is 0 Å². The normalized spacial score (nSPS) is 19.6. The molecule has 3 nitrogen and oxygen atoms in total. The van der Waals surface area contributed by atoms with Crippen LogP contribution in [0.15, 0.2) is 30.3 Å².